The van der Waals surface area contributed by atoms with Gasteiger partial charge in [-0.05, 0) is 48.6 Å². The minimum Gasteiger partial charge on any atom is -0.494 e. The number of thioether (sulfide) groups is 1. The van der Waals surface area contributed by atoms with Crippen LogP contribution in [0.15, 0.2) is 64.5 Å². The summed E-state index contributed by atoms with van der Waals surface area (Å²) in [6.07, 6.45) is 2.83. The normalized spacial score (nSPS) is 19.6. The molecule has 3 amide bonds. The Labute approximate surface area is 201 Å². The molecule has 9 heteroatoms. The van der Waals surface area contributed by atoms with Crippen molar-refractivity contribution in [2.75, 3.05) is 11.5 Å². The molecule has 2 aliphatic rings. The number of carbonyl (C=O) groups excluding carboxylic acids is 2. The maximum absolute atomic E-state index is 13.5. The number of benzene rings is 2. The predicted molar refractivity (Wildman–Crippen MR) is 129 cm³/mol. The van der Waals surface area contributed by atoms with Gasteiger partial charge in [-0.1, -0.05) is 42.4 Å². The molecule has 8 nitrogen and oxygen atoms in total. The summed E-state index contributed by atoms with van der Waals surface area (Å²) in [7, 11) is 0. The first-order chi connectivity index (χ1) is 16.6. The molecule has 2 aromatic carbocycles. The van der Waals surface area contributed by atoms with Gasteiger partial charge in [0.25, 0.3) is 5.91 Å². The number of fused-ring (bicyclic) bond motifs is 1. The summed E-state index contributed by atoms with van der Waals surface area (Å²) >= 11 is 1.41. The Hall–Kier alpha value is -3.59. The van der Waals surface area contributed by atoms with Gasteiger partial charge in [-0.2, -0.15) is 4.98 Å². The Bertz CT molecular complexity index is 1220. The van der Waals surface area contributed by atoms with E-state index in [4.69, 9.17) is 9.26 Å². The largest absolute Gasteiger partial charge is 0.494 e. The number of aromatic nitrogens is 2. The van der Waals surface area contributed by atoms with Crippen molar-refractivity contribution in [1.82, 2.24) is 15.0 Å². The van der Waals surface area contributed by atoms with Gasteiger partial charge in [-0.25, -0.2) is 9.69 Å². The van der Waals surface area contributed by atoms with Crippen LogP contribution in [0.3, 0.4) is 0 Å². The van der Waals surface area contributed by atoms with Crippen molar-refractivity contribution in [2.24, 2.45) is 0 Å². The number of aryl methyl sites for hydroxylation is 1. The lowest BCUT2D eigenvalue weighted by molar-refractivity contribution is -0.119. The van der Waals surface area contributed by atoms with E-state index >= 15 is 0 Å². The number of ether oxygens (including phenoxy) is 1. The van der Waals surface area contributed by atoms with Gasteiger partial charge in [0.05, 0.1) is 18.3 Å². The van der Waals surface area contributed by atoms with Crippen molar-refractivity contribution in [2.45, 2.75) is 38.1 Å². The van der Waals surface area contributed by atoms with E-state index in [2.05, 4.69) is 17.1 Å². The van der Waals surface area contributed by atoms with Gasteiger partial charge >= 0.3 is 6.03 Å². The van der Waals surface area contributed by atoms with Gasteiger partial charge in [-0.3, -0.25) is 4.79 Å². The third-order valence-electron chi connectivity index (χ3n) is 5.87. The van der Waals surface area contributed by atoms with Crippen LogP contribution in [0.2, 0.25) is 0 Å². The van der Waals surface area contributed by atoms with Crippen LogP contribution in [0.25, 0.3) is 11.4 Å². The van der Waals surface area contributed by atoms with E-state index in [9.17, 15) is 9.59 Å². The summed E-state index contributed by atoms with van der Waals surface area (Å²) in [5.41, 5.74) is 2.57. The number of hydrogen-bond donors (Lipinski definition) is 0. The summed E-state index contributed by atoms with van der Waals surface area (Å²) in [5.74, 6) is 1.22. The highest BCUT2D eigenvalue weighted by Gasteiger charge is 2.48. The molecule has 3 aromatic rings. The highest BCUT2D eigenvalue weighted by molar-refractivity contribution is 8.03. The maximum Gasteiger partial charge on any atom is 0.332 e. The number of hydrogen-bond acceptors (Lipinski definition) is 7. The van der Waals surface area contributed by atoms with Crippen molar-refractivity contribution >= 4 is 29.4 Å². The molecule has 34 heavy (non-hydrogen) atoms. The molecule has 5 rings (SSSR count). The Morgan fingerprint density at radius 1 is 1.06 bits per heavy atom. The van der Waals surface area contributed by atoms with Gasteiger partial charge in [0.15, 0.2) is 0 Å². The molecule has 0 bridgehead atoms. The third kappa shape index (κ3) is 4.07. The van der Waals surface area contributed by atoms with E-state index in [-0.39, 0.29) is 18.5 Å². The summed E-state index contributed by atoms with van der Waals surface area (Å²) in [5, 5.41) is 5.54. The van der Waals surface area contributed by atoms with E-state index in [1.807, 2.05) is 42.7 Å². The topological polar surface area (TPSA) is 88.8 Å². The lowest BCUT2D eigenvalue weighted by Gasteiger charge is -2.40. The van der Waals surface area contributed by atoms with Gasteiger partial charge in [-0.15, -0.1) is 11.8 Å². The monoisotopic (exact) mass is 476 g/mol. The molecular formula is C25H24N4O4S. The van der Waals surface area contributed by atoms with E-state index in [1.165, 1.54) is 22.2 Å². The van der Waals surface area contributed by atoms with E-state index < -0.39 is 11.3 Å². The van der Waals surface area contributed by atoms with Crippen LogP contribution in [0.4, 0.5) is 10.5 Å². The number of anilines is 1. The summed E-state index contributed by atoms with van der Waals surface area (Å²) < 4.78 is 11.0. The molecule has 1 fully saturated rings. The molecule has 0 N–H and O–H groups in total. The molecule has 1 saturated heterocycles. The van der Waals surface area contributed by atoms with Crippen molar-refractivity contribution in [3.8, 4) is 17.1 Å². The van der Waals surface area contributed by atoms with Crippen molar-refractivity contribution in [3.63, 3.8) is 0 Å². The predicted octanol–water partition coefficient (Wildman–Crippen LogP) is 4.66. The summed E-state index contributed by atoms with van der Waals surface area (Å²) in [4.78, 5) is 34.0. The van der Waals surface area contributed by atoms with Crippen LogP contribution < -0.4 is 9.64 Å². The number of carbonyl (C=O) groups is 2. The minimum atomic E-state index is -0.423. The molecule has 0 spiro atoms. The van der Waals surface area contributed by atoms with Gasteiger partial charge in [0.1, 0.15) is 17.5 Å². The molecule has 2 atom stereocenters. The highest BCUT2D eigenvalue weighted by atomic mass is 32.2. The van der Waals surface area contributed by atoms with E-state index in [1.54, 1.807) is 29.2 Å². The number of urea groups is 1. The zero-order valence-corrected chi connectivity index (χ0v) is 19.7. The standard InChI is InChI=1S/C25H24N4O4S/c1-3-16-5-7-17(8-6-16)23-26-21(33-27-23)15-28-20-13-14-34-22(20)24(30)29(25(28)31)18-9-11-19(12-10-18)32-4-2/h5-14,20,22H,3-4,15H2,1-2H3. The summed E-state index contributed by atoms with van der Waals surface area (Å²) in [6.45, 7) is 4.64. The first-order valence-electron chi connectivity index (χ1n) is 11.2. The molecular weight excluding hydrogens is 452 g/mol. The average Bonchev–Trinajstić information content (AvgIpc) is 3.53. The fourth-order valence-corrected chi connectivity index (χ4v) is 5.12. The van der Waals surface area contributed by atoms with Crippen LogP contribution in [0.1, 0.15) is 25.3 Å². The minimum absolute atomic E-state index is 0.103. The Morgan fingerprint density at radius 2 is 1.82 bits per heavy atom. The fraction of sp³-hybridized carbons (Fsp3) is 0.280. The molecule has 2 aliphatic heterocycles. The quantitative estimate of drug-likeness (QED) is 0.490. The second-order valence-corrected chi connectivity index (χ2v) is 9.00. The third-order valence-corrected chi connectivity index (χ3v) is 6.96. The van der Waals surface area contributed by atoms with E-state index in [0.717, 1.165) is 12.0 Å². The summed E-state index contributed by atoms with van der Waals surface area (Å²) in [6, 6.07) is 14.1. The second kappa shape index (κ2) is 9.34. The zero-order valence-electron chi connectivity index (χ0n) is 18.9. The zero-order chi connectivity index (χ0) is 23.7. The van der Waals surface area contributed by atoms with Crippen molar-refractivity contribution < 1.29 is 18.8 Å². The van der Waals surface area contributed by atoms with Crippen LogP contribution in [-0.2, 0) is 17.8 Å². The van der Waals surface area contributed by atoms with Gasteiger partial charge in [0, 0.05) is 5.56 Å². The maximum atomic E-state index is 13.5. The van der Waals surface area contributed by atoms with Crippen LogP contribution in [-0.4, -0.2) is 44.9 Å². The molecule has 3 heterocycles. The van der Waals surface area contributed by atoms with Crippen molar-refractivity contribution in [1.29, 1.82) is 0 Å². The number of imide groups is 1. The molecule has 0 saturated carbocycles. The number of nitrogens with zero attached hydrogens (tertiary/aromatic N) is 4. The number of rotatable bonds is 7. The fourth-order valence-electron chi connectivity index (χ4n) is 4.08. The van der Waals surface area contributed by atoms with Crippen LogP contribution >= 0.6 is 11.8 Å². The van der Waals surface area contributed by atoms with Gasteiger partial charge < -0.3 is 14.2 Å². The van der Waals surface area contributed by atoms with Crippen LogP contribution in [0.5, 0.6) is 5.75 Å². The Balaban J connectivity index is 1.40. The highest BCUT2D eigenvalue weighted by Crippen LogP contribution is 2.37. The molecule has 2 unspecified atom stereocenters. The molecule has 0 radical (unpaired) electrons. The lowest BCUT2D eigenvalue weighted by Crippen LogP contribution is -2.61. The lowest BCUT2D eigenvalue weighted by atomic mass is 10.1. The first-order valence-corrected chi connectivity index (χ1v) is 12.1. The van der Waals surface area contributed by atoms with Gasteiger partial charge in [0.2, 0.25) is 11.7 Å². The molecule has 174 valence electrons. The smallest absolute Gasteiger partial charge is 0.332 e. The first kappa shape index (κ1) is 22.2. The number of amides is 3. The molecule has 1 aromatic heterocycles. The van der Waals surface area contributed by atoms with E-state index in [0.29, 0.717) is 29.8 Å². The van der Waals surface area contributed by atoms with Crippen LogP contribution in [0, 0.1) is 0 Å². The molecule has 0 aliphatic carbocycles. The Kier molecular flexibility index (Phi) is 6.10. The Morgan fingerprint density at radius 3 is 2.53 bits per heavy atom. The second-order valence-electron chi connectivity index (χ2n) is 7.95. The average molecular weight is 477 g/mol. The van der Waals surface area contributed by atoms with Crippen molar-refractivity contribution in [3.05, 3.63) is 71.5 Å². The SMILES string of the molecule is CCOc1ccc(N2C(=O)C3SC=CC3N(Cc3nc(-c4ccc(CC)cc4)no3)C2=O)cc1.